The molecule has 0 fully saturated rings. The Bertz CT molecular complexity index is 321. The summed E-state index contributed by atoms with van der Waals surface area (Å²) >= 11 is 0. The fourth-order valence-electron chi connectivity index (χ4n) is 1.32. The van der Waals surface area contributed by atoms with Crippen LogP contribution < -0.4 is 5.32 Å². The fraction of sp³-hybridized carbons (Fsp3) is 0.818. The molecule has 0 aliphatic heterocycles. The molecule has 0 rings (SSSR count). The number of halogens is 3. The standard InChI is InChI=1S/C11H19F3N2O3/c1-4-7(2)8(9(17)18)15-10(19)16(3)6-5-11(12,13)14/h7-8H,4-6H2,1-3H3,(H,15,19)(H,17,18). The molecule has 0 saturated heterocycles. The second-order valence-electron chi connectivity index (χ2n) is 4.44. The van der Waals surface area contributed by atoms with Crippen LogP contribution in [-0.4, -0.2) is 47.8 Å². The van der Waals surface area contributed by atoms with Gasteiger partial charge in [0.05, 0.1) is 6.42 Å². The number of carbonyl (C=O) groups is 2. The number of carbonyl (C=O) groups excluding carboxylic acids is 1. The van der Waals surface area contributed by atoms with Crippen LogP contribution in [0.15, 0.2) is 0 Å². The maximum atomic E-state index is 12.0. The van der Waals surface area contributed by atoms with Crippen LogP contribution in [0, 0.1) is 5.92 Å². The van der Waals surface area contributed by atoms with E-state index in [1.54, 1.807) is 13.8 Å². The van der Waals surface area contributed by atoms with Gasteiger partial charge in [0.2, 0.25) is 0 Å². The van der Waals surface area contributed by atoms with Crippen molar-refractivity contribution in [3.05, 3.63) is 0 Å². The first kappa shape index (κ1) is 17.5. The quantitative estimate of drug-likeness (QED) is 0.784. The van der Waals surface area contributed by atoms with Crippen molar-refractivity contribution in [3.63, 3.8) is 0 Å². The van der Waals surface area contributed by atoms with E-state index < -0.39 is 37.2 Å². The normalized spacial score (nSPS) is 14.6. The molecule has 0 aliphatic rings. The van der Waals surface area contributed by atoms with E-state index in [1.165, 1.54) is 7.05 Å². The van der Waals surface area contributed by atoms with Gasteiger partial charge in [-0.15, -0.1) is 0 Å². The molecule has 0 bridgehead atoms. The van der Waals surface area contributed by atoms with E-state index in [0.29, 0.717) is 6.42 Å². The number of hydrogen-bond acceptors (Lipinski definition) is 2. The summed E-state index contributed by atoms with van der Waals surface area (Å²) in [5.74, 6) is -1.51. The number of urea groups is 1. The largest absolute Gasteiger partial charge is 0.480 e. The number of carboxylic acids is 1. The third kappa shape index (κ3) is 6.88. The number of nitrogens with zero attached hydrogens (tertiary/aromatic N) is 1. The number of amides is 2. The molecule has 8 heteroatoms. The summed E-state index contributed by atoms with van der Waals surface area (Å²) in [7, 11) is 1.19. The van der Waals surface area contributed by atoms with E-state index in [4.69, 9.17) is 5.11 Å². The van der Waals surface area contributed by atoms with Crippen molar-refractivity contribution in [3.8, 4) is 0 Å². The molecule has 0 aromatic rings. The Morgan fingerprint density at radius 2 is 1.89 bits per heavy atom. The summed E-state index contributed by atoms with van der Waals surface area (Å²) in [4.78, 5) is 23.4. The lowest BCUT2D eigenvalue weighted by Crippen LogP contribution is -2.50. The van der Waals surface area contributed by atoms with Gasteiger partial charge in [0, 0.05) is 13.6 Å². The first-order valence-electron chi connectivity index (χ1n) is 5.89. The van der Waals surface area contributed by atoms with Crippen LogP contribution in [0.4, 0.5) is 18.0 Å². The summed E-state index contributed by atoms with van der Waals surface area (Å²) in [6.45, 7) is 2.90. The van der Waals surface area contributed by atoms with E-state index in [-0.39, 0.29) is 5.92 Å². The van der Waals surface area contributed by atoms with Crippen LogP contribution in [0.5, 0.6) is 0 Å². The van der Waals surface area contributed by atoms with Gasteiger partial charge < -0.3 is 15.3 Å². The maximum Gasteiger partial charge on any atom is 0.390 e. The van der Waals surface area contributed by atoms with Crippen LogP contribution in [0.3, 0.4) is 0 Å². The van der Waals surface area contributed by atoms with Crippen molar-refractivity contribution in [1.29, 1.82) is 0 Å². The van der Waals surface area contributed by atoms with Crippen molar-refractivity contribution >= 4 is 12.0 Å². The second-order valence-corrected chi connectivity index (χ2v) is 4.44. The van der Waals surface area contributed by atoms with Gasteiger partial charge in [-0.1, -0.05) is 20.3 Å². The Labute approximate surface area is 109 Å². The highest BCUT2D eigenvalue weighted by Crippen LogP contribution is 2.19. The van der Waals surface area contributed by atoms with Crippen molar-refractivity contribution in [2.24, 2.45) is 5.92 Å². The smallest absolute Gasteiger partial charge is 0.390 e. The third-order valence-electron chi connectivity index (χ3n) is 2.84. The van der Waals surface area contributed by atoms with Gasteiger partial charge in [-0.2, -0.15) is 13.2 Å². The van der Waals surface area contributed by atoms with Crippen LogP contribution >= 0.6 is 0 Å². The first-order valence-corrected chi connectivity index (χ1v) is 5.89. The van der Waals surface area contributed by atoms with Gasteiger partial charge in [-0.05, 0) is 5.92 Å². The van der Waals surface area contributed by atoms with E-state index >= 15 is 0 Å². The van der Waals surface area contributed by atoms with Crippen molar-refractivity contribution in [2.75, 3.05) is 13.6 Å². The van der Waals surface area contributed by atoms with E-state index in [9.17, 15) is 22.8 Å². The summed E-state index contributed by atoms with van der Waals surface area (Å²) in [5.41, 5.74) is 0. The Kier molecular flexibility index (Phi) is 6.64. The Morgan fingerprint density at radius 1 is 1.37 bits per heavy atom. The van der Waals surface area contributed by atoms with Gasteiger partial charge in [-0.3, -0.25) is 0 Å². The molecule has 0 radical (unpaired) electrons. The molecule has 0 aliphatic carbocycles. The number of hydrogen-bond donors (Lipinski definition) is 2. The minimum atomic E-state index is -4.35. The van der Waals surface area contributed by atoms with Gasteiger partial charge in [0.25, 0.3) is 0 Å². The second kappa shape index (κ2) is 7.20. The van der Waals surface area contributed by atoms with Gasteiger partial charge in [0.1, 0.15) is 6.04 Å². The highest BCUT2D eigenvalue weighted by atomic mass is 19.4. The summed E-state index contributed by atoms with van der Waals surface area (Å²) < 4.78 is 36.0. The van der Waals surface area contributed by atoms with Crippen LogP contribution in [-0.2, 0) is 4.79 Å². The molecular formula is C11H19F3N2O3. The molecule has 0 aromatic heterocycles. The van der Waals surface area contributed by atoms with Gasteiger partial charge in [0.15, 0.2) is 0 Å². The lowest BCUT2D eigenvalue weighted by Gasteiger charge is -2.24. The number of aliphatic carboxylic acids is 1. The maximum absolute atomic E-state index is 12.0. The Balaban J connectivity index is 4.44. The number of rotatable bonds is 6. The Hall–Kier alpha value is -1.47. The van der Waals surface area contributed by atoms with Crippen LogP contribution in [0.25, 0.3) is 0 Å². The van der Waals surface area contributed by atoms with Crippen LogP contribution in [0.1, 0.15) is 26.7 Å². The highest BCUT2D eigenvalue weighted by Gasteiger charge is 2.30. The lowest BCUT2D eigenvalue weighted by molar-refractivity contribution is -0.141. The minimum absolute atomic E-state index is 0.308. The third-order valence-corrected chi connectivity index (χ3v) is 2.84. The SMILES string of the molecule is CCC(C)C(NC(=O)N(C)CCC(F)(F)F)C(=O)O. The molecule has 5 nitrogen and oxygen atoms in total. The minimum Gasteiger partial charge on any atom is -0.480 e. The number of nitrogens with one attached hydrogen (secondary N) is 1. The van der Waals surface area contributed by atoms with Crippen LogP contribution in [0.2, 0.25) is 0 Å². The molecule has 0 saturated carbocycles. The van der Waals surface area contributed by atoms with E-state index in [2.05, 4.69) is 5.32 Å². The zero-order valence-corrected chi connectivity index (χ0v) is 11.1. The van der Waals surface area contributed by atoms with Crippen molar-refractivity contribution in [1.82, 2.24) is 10.2 Å². The molecule has 0 aromatic carbocycles. The van der Waals surface area contributed by atoms with Crippen molar-refractivity contribution in [2.45, 2.75) is 38.9 Å². The average molecular weight is 284 g/mol. The average Bonchev–Trinajstić information content (AvgIpc) is 2.30. The molecular weight excluding hydrogens is 265 g/mol. The number of carboxylic acid groups (broad SMARTS) is 1. The predicted molar refractivity (Wildman–Crippen MR) is 62.7 cm³/mol. The highest BCUT2D eigenvalue weighted by molar-refractivity contribution is 5.82. The molecule has 19 heavy (non-hydrogen) atoms. The van der Waals surface area contributed by atoms with E-state index in [0.717, 1.165) is 4.90 Å². The zero-order valence-electron chi connectivity index (χ0n) is 11.1. The Morgan fingerprint density at radius 3 is 2.26 bits per heavy atom. The molecule has 2 amide bonds. The molecule has 2 atom stereocenters. The monoisotopic (exact) mass is 284 g/mol. The van der Waals surface area contributed by atoms with Gasteiger partial charge >= 0.3 is 18.2 Å². The predicted octanol–water partition coefficient (Wildman–Crippen LogP) is 2.08. The lowest BCUT2D eigenvalue weighted by atomic mass is 9.99. The molecule has 2 unspecified atom stereocenters. The van der Waals surface area contributed by atoms with E-state index in [1.807, 2.05) is 0 Å². The van der Waals surface area contributed by atoms with Gasteiger partial charge in [-0.25, -0.2) is 9.59 Å². The molecule has 2 N–H and O–H groups in total. The molecule has 0 spiro atoms. The fourth-order valence-corrected chi connectivity index (χ4v) is 1.32. The topological polar surface area (TPSA) is 69.6 Å². The first-order chi connectivity index (χ1) is 8.58. The zero-order chi connectivity index (χ0) is 15.2. The molecule has 0 heterocycles. The number of alkyl halides is 3. The van der Waals surface area contributed by atoms with Crippen molar-refractivity contribution < 1.29 is 27.9 Å². The molecule has 112 valence electrons. The summed E-state index contributed by atoms with van der Waals surface area (Å²) in [5, 5.41) is 11.2. The summed E-state index contributed by atoms with van der Waals surface area (Å²) in [6.07, 6.45) is -4.95. The summed E-state index contributed by atoms with van der Waals surface area (Å²) in [6, 6.07) is -1.93.